The second kappa shape index (κ2) is 6.20. The molecule has 0 spiro atoms. The van der Waals surface area contributed by atoms with Gasteiger partial charge in [-0.05, 0) is 40.3 Å². The van der Waals surface area contributed by atoms with Gasteiger partial charge in [0.05, 0.1) is 0 Å². The van der Waals surface area contributed by atoms with Crippen LogP contribution in [0.5, 0.6) is 0 Å². The van der Waals surface area contributed by atoms with Crippen molar-refractivity contribution in [2.24, 2.45) is 0 Å². The number of benzene rings is 2. The fraction of sp³-hybridized carbons (Fsp3) is 0.0667. The molecule has 0 saturated carbocycles. The van der Waals surface area contributed by atoms with Crippen LogP contribution in [0.15, 0.2) is 54.6 Å². The zero-order chi connectivity index (χ0) is 13.9. The van der Waals surface area contributed by atoms with Crippen molar-refractivity contribution in [3.63, 3.8) is 0 Å². The van der Waals surface area contributed by atoms with E-state index in [0.29, 0.717) is 0 Å². The second-order valence-electron chi connectivity index (χ2n) is 4.23. The summed E-state index contributed by atoms with van der Waals surface area (Å²) in [6.45, 7) is 0. The van der Waals surface area contributed by atoms with E-state index in [1.807, 2.05) is 30.3 Å². The smallest absolute Gasteiger partial charge is 0.141 e. The van der Waals surface area contributed by atoms with Gasteiger partial charge in [-0.15, -0.1) is 21.8 Å². The quantitative estimate of drug-likeness (QED) is 0.440. The molecule has 0 fully saturated rings. The molecule has 0 N–H and O–H groups in total. The largest absolute Gasteiger partial charge is 0.147 e. The Morgan fingerprint density at radius 2 is 1.65 bits per heavy atom. The van der Waals surface area contributed by atoms with Crippen molar-refractivity contribution >= 4 is 45.5 Å². The average molecular weight is 413 g/mol. The molecule has 0 aliphatic rings. The molecule has 1 heterocycles. The summed E-state index contributed by atoms with van der Waals surface area (Å²) < 4.78 is 1.20. The summed E-state index contributed by atoms with van der Waals surface area (Å²) >= 11 is 10.3. The van der Waals surface area contributed by atoms with E-state index in [0.717, 1.165) is 21.1 Å². The molecule has 100 valence electrons. The highest BCUT2D eigenvalue weighted by molar-refractivity contribution is 14.1. The standard InChI is InChI=1S/C15H10ClIN2S/c16-13(10-4-2-1-3-5-10)15-19-18-14(20-15)11-6-8-12(17)9-7-11/h1-9,13H. The van der Waals surface area contributed by atoms with Gasteiger partial charge in [-0.2, -0.15) is 0 Å². The van der Waals surface area contributed by atoms with Crippen molar-refractivity contribution in [3.05, 3.63) is 68.7 Å². The first-order chi connectivity index (χ1) is 9.74. The predicted octanol–water partition coefficient (Wildman–Crippen LogP) is 5.14. The summed E-state index contributed by atoms with van der Waals surface area (Å²) in [6, 6.07) is 18.2. The molecule has 0 radical (unpaired) electrons. The van der Waals surface area contributed by atoms with Crippen LogP contribution in [0.25, 0.3) is 10.6 Å². The van der Waals surface area contributed by atoms with Crippen LogP contribution in [0.1, 0.15) is 15.9 Å². The van der Waals surface area contributed by atoms with E-state index in [2.05, 4.69) is 57.1 Å². The fourth-order valence-electron chi connectivity index (χ4n) is 1.81. The Morgan fingerprint density at radius 3 is 2.35 bits per heavy atom. The minimum Gasteiger partial charge on any atom is -0.141 e. The highest BCUT2D eigenvalue weighted by Crippen LogP contribution is 2.33. The van der Waals surface area contributed by atoms with E-state index in [-0.39, 0.29) is 5.38 Å². The number of hydrogen-bond acceptors (Lipinski definition) is 3. The molecule has 3 aromatic rings. The molecule has 0 saturated heterocycles. The van der Waals surface area contributed by atoms with Gasteiger partial charge in [0.25, 0.3) is 0 Å². The van der Waals surface area contributed by atoms with E-state index in [1.54, 1.807) is 0 Å². The first kappa shape index (κ1) is 14.0. The molecule has 0 amide bonds. The topological polar surface area (TPSA) is 25.8 Å². The van der Waals surface area contributed by atoms with E-state index in [4.69, 9.17) is 11.6 Å². The Hall–Kier alpha value is -0.980. The van der Waals surface area contributed by atoms with Gasteiger partial charge in [-0.1, -0.05) is 53.8 Å². The molecule has 0 aliphatic heterocycles. The van der Waals surface area contributed by atoms with Gasteiger partial charge in [-0.3, -0.25) is 0 Å². The molecule has 0 aliphatic carbocycles. The lowest BCUT2D eigenvalue weighted by Gasteiger charge is -2.04. The molecule has 1 aromatic heterocycles. The molecule has 1 atom stereocenters. The summed E-state index contributed by atoms with van der Waals surface area (Å²) in [5, 5.41) is 9.95. The van der Waals surface area contributed by atoms with Crippen LogP contribution in [0.2, 0.25) is 0 Å². The molecule has 2 aromatic carbocycles. The highest BCUT2D eigenvalue weighted by atomic mass is 127. The van der Waals surface area contributed by atoms with Gasteiger partial charge in [0.1, 0.15) is 15.4 Å². The van der Waals surface area contributed by atoms with Gasteiger partial charge in [0.2, 0.25) is 0 Å². The third-order valence-electron chi connectivity index (χ3n) is 2.84. The maximum atomic E-state index is 6.46. The Labute approximate surface area is 140 Å². The van der Waals surface area contributed by atoms with Gasteiger partial charge in [0.15, 0.2) is 0 Å². The van der Waals surface area contributed by atoms with E-state index >= 15 is 0 Å². The molecule has 1 unspecified atom stereocenters. The van der Waals surface area contributed by atoms with Crippen LogP contribution in [0.3, 0.4) is 0 Å². The minimum atomic E-state index is -0.244. The lowest BCUT2D eigenvalue weighted by Crippen LogP contribution is -1.91. The Bertz CT molecular complexity index is 697. The molecular weight excluding hydrogens is 403 g/mol. The molecular formula is C15H10ClIN2S. The number of rotatable bonds is 3. The van der Waals surface area contributed by atoms with Gasteiger partial charge >= 0.3 is 0 Å². The normalized spacial score (nSPS) is 12.3. The lowest BCUT2D eigenvalue weighted by molar-refractivity contribution is 0.988. The predicted molar refractivity (Wildman–Crippen MR) is 92.2 cm³/mol. The summed E-state index contributed by atoms with van der Waals surface area (Å²) in [4.78, 5) is 0. The summed E-state index contributed by atoms with van der Waals surface area (Å²) in [5.41, 5.74) is 2.12. The molecule has 3 rings (SSSR count). The summed E-state index contributed by atoms with van der Waals surface area (Å²) in [7, 11) is 0. The molecule has 20 heavy (non-hydrogen) atoms. The summed E-state index contributed by atoms with van der Waals surface area (Å²) in [5.74, 6) is 0. The Kier molecular flexibility index (Phi) is 4.33. The SMILES string of the molecule is ClC(c1ccccc1)c1nnc(-c2ccc(I)cc2)s1. The van der Waals surface area contributed by atoms with Crippen LogP contribution in [0, 0.1) is 3.57 Å². The van der Waals surface area contributed by atoms with E-state index in [1.165, 1.54) is 14.9 Å². The third kappa shape index (κ3) is 3.02. The van der Waals surface area contributed by atoms with Crippen molar-refractivity contribution in [1.29, 1.82) is 0 Å². The molecule has 2 nitrogen and oxygen atoms in total. The van der Waals surface area contributed by atoms with Crippen LogP contribution < -0.4 is 0 Å². The minimum absolute atomic E-state index is 0.244. The summed E-state index contributed by atoms with van der Waals surface area (Å²) in [6.07, 6.45) is 0. The van der Waals surface area contributed by atoms with Crippen LogP contribution in [0.4, 0.5) is 0 Å². The zero-order valence-electron chi connectivity index (χ0n) is 10.3. The second-order valence-corrected chi connectivity index (χ2v) is 6.92. The third-order valence-corrected chi connectivity index (χ3v) is 5.19. The number of halogens is 2. The van der Waals surface area contributed by atoms with Crippen molar-refractivity contribution in [2.45, 2.75) is 5.38 Å². The fourth-order valence-corrected chi connectivity index (χ4v) is 3.35. The number of alkyl halides is 1. The van der Waals surface area contributed by atoms with Crippen molar-refractivity contribution in [1.82, 2.24) is 10.2 Å². The van der Waals surface area contributed by atoms with Crippen LogP contribution in [-0.4, -0.2) is 10.2 Å². The Balaban J connectivity index is 1.89. The average Bonchev–Trinajstić information content (AvgIpc) is 2.98. The van der Waals surface area contributed by atoms with Gasteiger partial charge in [-0.25, -0.2) is 0 Å². The van der Waals surface area contributed by atoms with Crippen LogP contribution >= 0.6 is 45.5 Å². The van der Waals surface area contributed by atoms with E-state index < -0.39 is 0 Å². The number of nitrogens with zero attached hydrogens (tertiary/aromatic N) is 2. The lowest BCUT2D eigenvalue weighted by atomic mass is 10.1. The van der Waals surface area contributed by atoms with Crippen molar-refractivity contribution in [2.75, 3.05) is 0 Å². The van der Waals surface area contributed by atoms with Crippen molar-refractivity contribution < 1.29 is 0 Å². The van der Waals surface area contributed by atoms with Crippen molar-refractivity contribution in [3.8, 4) is 10.6 Å². The Morgan fingerprint density at radius 1 is 0.950 bits per heavy atom. The zero-order valence-corrected chi connectivity index (χ0v) is 14.1. The monoisotopic (exact) mass is 412 g/mol. The number of hydrogen-bond donors (Lipinski definition) is 0. The first-order valence-electron chi connectivity index (χ1n) is 6.02. The van der Waals surface area contributed by atoms with Crippen LogP contribution in [-0.2, 0) is 0 Å². The molecule has 0 bridgehead atoms. The maximum absolute atomic E-state index is 6.46. The molecule has 5 heteroatoms. The first-order valence-corrected chi connectivity index (χ1v) is 8.35. The maximum Gasteiger partial charge on any atom is 0.147 e. The van der Waals surface area contributed by atoms with E-state index in [9.17, 15) is 0 Å². The van der Waals surface area contributed by atoms with Gasteiger partial charge in [0, 0.05) is 9.13 Å². The number of aromatic nitrogens is 2. The highest BCUT2D eigenvalue weighted by Gasteiger charge is 2.16. The van der Waals surface area contributed by atoms with Gasteiger partial charge < -0.3 is 0 Å².